The zero-order valence-corrected chi connectivity index (χ0v) is 13.8. The quantitative estimate of drug-likeness (QED) is 0.684. The molecular formula is C13H19N3O3S2. The smallest absolute Gasteiger partial charge is 0.241 e. The highest BCUT2D eigenvalue weighted by Gasteiger charge is 2.21. The molecule has 0 saturated carbocycles. The standard InChI is InChI=1S/C13H19N3O3S2/c1-13(2,3)16-11(17)8-15-21(18,19)10-7-5-4-6-9(10)12(14)20/h4-7,15H,8H2,1-3H3,(H2,14,20)(H,16,17). The van der Waals surface area contributed by atoms with Gasteiger partial charge in [-0.25, -0.2) is 13.1 Å². The van der Waals surface area contributed by atoms with Gasteiger partial charge in [-0.1, -0.05) is 30.4 Å². The van der Waals surface area contributed by atoms with Gasteiger partial charge in [0, 0.05) is 11.1 Å². The Morgan fingerprint density at radius 2 is 1.86 bits per heavy atom. The molecule has 0 heterocycles. The lowest BCUT2D eigenvalue weighted by Crippen LogP contribution is -2.45. The summed E-state index contributed by atoms with van der Waals surface area (Å²) in [7, 11) is -3.86. The Balaban J connectivity index is 2.89. The number of nitrogens with one attached hydrogen (secondary N) is 2. The number of carbonyl (C=O) groups excluding carboxylic acids is 1. The number of benzene rings is 1. The monoisotopic (exact) mass is 329 g/mol. The summed E-state index contributed by atoms with van der Waals surface area (Å²) in [5.41, 5.74) is 5.33. The van der Waals surface area contributed by atoms with E-state index in [2.05, 4.69) is 10.0 Å². The topological polar surface area (TPSA) is 101 Å². The summed E-state index contributed by atoms with van der Waals surface area (Å²) in [6.45, 7) is 5.07. The molecular weight excluding hydrogens is 310 g/mol. The molecule has 0 aliphatic heterocycles. The number of sulfonamides is 1. The van der Waals surface area contributed by atoms with Crippen LogP contribution < -0.4 is 15.8 Å². The van der Waals surface area contributed by atoms with Crippen LogP contribution in [0.3, 0.4) is 0 Å². The normalized spacial score (nSPS) is 12.0. The first kappa shape index (κ1) is 17.5. The van der Waals surface area contributed by atoms with E-state index in [1.807, 2.05) is 20.8 Å². The van der Waals surface area contributed by atoms with Gasteiger partial charge >= 0.3 is 0 Å². The summed E-state index contributed by atoms with van der Waals surface area (Å²) in [5.74, 6) is -0.418. The van der Waals surface area contributed by atoms with Crippen LogP contribution in [0.15, 0.2) is 29.2 Å². The Kier molecular flexibility index (Phi) is 5.43. The number of hydrogen-bond acceptors (Lipinski definition) is 4. The number of rotatable bonds is 5. The van der Waals surface area contributed by atoms with Gasteiger partial charge in [0.15, 0.2) is 0 Å². The van der Waals surface area contributed by atoms with E-state index in [1.165, 1.54) is 12.1 Å². The summed E-state index contributed by atoms with van der Waals surface area (Å²) >= 11 is 4.83. The first-order chi connectivity index (χ1) is 9.53. The zero-order valence-electron chi connectivity index (χ0n) is 12.1. The van der Waals surface area contributed by atoms with Crippen molar-refractivity contribution >= 4 is 33.1 Å². The summed E-state index contributed by atoms with van der Waals surface area (Å²) in [6, 6.07) is 6.11. The minimum Gasteiger partial charge on any atom is -0.389 e. The summed E-state index contributed by atoms with van der Waals surface area (Å²) < 4.78 is 26.7. The van der Waals surface area contributed by atoms with Crippen LogP contribution in [0.4, 0.5) is 0 Å². The van der Waals surface area contributed by atoms with Gasteiger partial charge in [-0.2, -0.15) is 0 Å². The molecule has 0 aromatic heterocycles. The van der Waals surface area contributed by atoms with Crippen molar-refractivity contribution in [1.29, 1.82) is 0 Å². The average Bonchev–Trinajstić information content (AvgIpc) is 2.34. The van der Waals surface area contributed by atoms with Crippen LogP contribution in [0.5, 0.6) is 0 Å². The van der Waals surface area contributed by atoms with Crippen LogP contribution >= 0.6 is 12.2 Å². The average molecular weight is 329 g/mol. The van der Waals surface area contributed by atoms with Gasteiger partial charge in [0.25, 0.3) is 0 Å². The van der Waals surface area contributed by atoms with Gasteiger partial charge in [-0.15, -0.1) is 0 Å². The molecule has 1 rings (SSSR count). The molecule has 0 aliphatic carbocycles. The maximum atomic E-state index is 12.2. The number of thiocarbonyl (C=S) groups is 1. The Morgan fingerprint density at radius 3 is 2.38 bits per heavy atom. The molecule has 0 bridgehead atoms. The minimum absolute atomic E-state index is 0.0184. The first-order valence-corrected chi connectivity index (χ1v) is 8.11. The maximum Gasteiger partial charge on any atom is 0.241 e. The van der Waals surface area contributed by atoms with E-state index in [4.69, 9.17) is 18.0 Å². The molecule has 0 saturated heterocycles. The van der Waals surface area contributed by atoms with E-state index in [-0.39, 0.29) is 22.0 Å². The minimum atomic E-state index is -3.86. The molecule has 0 fully saturated rings. The second-order valence-electron chi connectivity index (χ2n) is 5.48. The van der Waals surface area contributed by atoms with Crippen molar-refractivity contribution in [1.82, 2.24) is 10.0 Å². The lowest BCUT2D eigenvalue weighted by Gasteiger charge is -2.20. The van der Waals surface area contributed by atoms with E-state index in [9.17, 15) is 13.2 Å². The predicted octanol–water partition coefficient (Wildman–Crippen LogP) is 0.514. The largest absolute Gasteiger partial charge is 0.389 e. The van der Waals surface area contributed by atoms with Crippen LogP contribution in [0, 0.1) is 0 Å². The van der Waals surface area contributed by atoms with Crippen molar-refractivity contribution in [3.05, 3.63) is 29.8 Å². The van der Waals surface area contributed by atoms with Crippen LogP contribution in [0.2, 0.25) is 0 Å². The summed E-state index contributed by atoms with van der Waals surface area (Å²) in [6.07, 6.45) is 0. The van der Waals surface area contributed by atoms with Gasteiger partial charge in [0.05, 0.1) is 11.4 Å². The fraction of sp³-hybridized carbons (Fsp3) is 0.385. The first-order valence-electron chi connectivity index (χ1n) is 6.22. The van der Waals surface area contributed by atoms with E-state index >= 15 is 0 Å². The lowest BCUT2D eigenvalue weighted by atomic mass is 10.1. The Morgan fingerprint density at radius 1 is 1.29 bits per heavy atom. The molecule has 1 aromatic rings. The SMILES string of the molecule is CC(C)(C)NC(=O)CNS(=O)(=O)c1ccccc1C(N)=S. The molecule has 0 unspecified atom stereocenters. The molecule has 6 nitrogen and oxygen atoms in total. The van der Waals surface area contributed by atoms with Gasteiger partial charge in [-0.3, -0.25) is 4.79 Å². The number of carbonyl (C=O) groups is 1. The molecule has 1 amide bonds. The van der Waals surface area contributed by atoms with E-state index < -0.39 is 21.5 Å². The van der Waals surface area contributed by atoms with Crippen molar-refractivity contribution in [2.24, 2.45) is 5.73 Å². The van der Waals surface area contributed by atoms with Gasteiger partial charge in [-0.05, 0) is 26.8 Å². The van der Waals surface area contributed by atoms with Gasteiger partial charge in [0.2, 0.25) is 15.9 Å². The summed E-state index contributed by atoms with van der Waals surface area (Å²) in [5, 5.41) is 2.66. The van der Waals surface area contributed by atoms with Gasteiger partial charge < -0.3 is 11.1 Å². The van der Waals surface area contributed by atoms with E-state index in [0.717, 1.165) is 0 Å². The van der Waals surface area contributed by atoms with Crippen molar-refractivity contribution < 1.29 is 13.2 Å². The molecule has 8 heteroatoms. The number of amides is 1. The molecule has 0 aliphatic rings. The molecule has 116 valence electrons. The molecule has 21 heavy (non-hydrogen) atoms. The van der Waals surface area contributed by atoms with Crippen LogP contribution in [-0.4, -0.2) is 31.4 Å². The fourth-order valence-corrected chi connectivity index (χ4v) is 3.05. The van der Waals surface area contributed by atoms with Crippen molar-refractivity contribution in [3.63, 3.8) is 0 Å². The zero-order chi connectivity index (χ0) is 16.3. The Hall–Kier alpha value is -1.51. The molecule has 0 spiro atoms. The molecule has 4 N–H and O–H groups in total. The van der Waals surface area contributed by atoms with Crippen molar-refractivity contribution in [2.45, 2.75) is 31.2 Å². The van der Waals surface area contributed by atoms with Crippen LogP contribution in [0.25, 0.3) is 0 Å². The number of nitrogens with two attached hydrogens (primary N) is 1. The highest BCUT2D eigenvalue weighted by Crippen LogP contribution is 2.14. The third-order valence-electron chi connectivity index (χ3n) is 2.38. The van der Waals surface area contributed by atoms with Crippen molar-refractivity contribution in [2.75, 3.05) is 6.54 Å². The Bertz CT molecular complexity index is 649. The second kappa shape index (κ2) is 6.50. The maximum absolute atomic E-state index is 12.2. The van der Waals surface area contributed by atoms with E-state index in [0.29, 0.717) is 0 Å². The van der Waals surface area contributed by atoms with Gasteiger partial charge in [0.1, 0.15) is 4.99 Å². The van der Waals surface area contributed by atoms with Crippen LogP contribution in [0.1, 0.15) is 26.3 Å². The highest BCUT2D eigenvalue weighted by atomic mass is 32.2. The lowest BCUT2D eigenvalue weighted by molar-refractivity contribution is -0.121. The molecule has 1 aromatic carbocycles. The summed E-state index contributed by atoms with van der Waals surface area (Å²) in [4.78, 5) is 11.6. The molecule has 0 atom stereocenters. The fourth-order valence-electron chi connectivity index (χ4n) is 1.61. The number of hydrogen-bond donors (Lipinski definition) is 3. The third-order valence-corrected chi connectivity index (χ3v) is 4.06. The second-order valence-corrected chi connectivity index (χ2v) is 7.66. The molecule has 0 radical (unpaired) electrons. The van der Waals surface area contributed by atoms with E-state index in [1.54, 1.807) is 12.1 Å². The van der Waals surface area contributed by atoms with Crippen molar-refractivity contribution in [3.8, 4) is 0 Å². The third kappa shape index (κ3) is 5.41. The predicted molar refractivity (Wildman–Crippen MR) is 85.4 cm³/mol. The highest BCUT2D eigenvalue weighted by molar-refractivity contribution is 7.89. The Labute approximate surface area is 130 Å². The van der Waals surface area contributed by atoms with Crippen LogP contribution in [-0.2, 0) is 14.8 Å².